The summed E-state index contributed by atoms with van der Waals surface area (Å²) in [4.78, 5) is 29.7. The molecule has 2 amide bonds. The standard InChI is InChI=1S/C22H33N3O4S2/c26-20(9-8-18-6-2-1-3-7-18)23-13-15-24(16-14-23)22(27)21-19(10-17-30-21)31(28,29)25-11-4-5-12-25/h10,17-18H,1-9,11-16H2. The summed E-state index contributed by atoms with van der Waals surface area (Å²) < 4.78 is 27.4. The van der Waals surface area contributed by atoms with E-state index in [-0.39, 0.29) is 16.7 Å². The lowest BCUT2D eigenvalue weighted by Gasteiger charge is -2.35. The first-order valence-corrected chi connectivity index (χ1v) is 13.9. The van der Waals surface area contributed by atoms with Gasteiger partial charge in [0.15, 0.2) is 0 Å². The molecule has 3 fully saturated rings. The largest absolute Gasteiger partial charge is 0.339 e. The number of thiophene rings is 1. The SMILES string of the molecule is O=C(CCC1CCCCC1)N1CCN(C(=O)c2sccc2S(=O)(=O)N2CCCC2)CC1. The fourth-order valence-corrected chi connectivity index (χ4v) is 7.87. The first-order valence-electron chi connectivity index (χ1n) is 11.6. The molecular formula is C22H33N3O4S2. The maximum Gasteiger partial charge on any atom is 0.265 e. The van der Waals surface area contributed by atoms with Gasteiger partial charge in [-0.3, -0.25) is 9.59 Å². The molecule has 0 radical (unpaired) electrons. The highest BCUT2D eigenvalue weighted by Crippen LogP contribution is 2.30. The first-order chi connectivity index (χ1) is 15.0. The summed E-state index contributed by atoms with van der Waals surface area (Å²) in [6.07, 6.45) is 9.71. The number of hydrogen-bond donors (Lipinski definition) is 0. The van der Waals surface area contributed by atoms with Gasteiger partial charge in [-0.15, -0.1) is 11.3 Å². The van der Waals surface area contributed by atoms with Gasteiger partial charge in [-0.2, -0.15) is 4.31 Å². The van der Waals surface area contributed by atoms with Crippen molar-refractivity contribution in [1.82, 2.24) is 14.1 Å². The van der Waals surface area contributed by atoms with E-state index in [1.54, 1.807) is 16.3 Å². The number of hydrogen-bond acceptors (Lipinski definition) is 5. The zero-order valence-electron chi connectivity index (χ0n) is 18.1. The van der Waals surface area contributed by atoms with Crippen LogP contribution in [0.1, 0.15) is 67.5 Å². The van der Waals surface area contributed by atoms with E-state index in [2.05, 4.69) is 0 Å². The molecule has 1 aliphatic carbocycles. The first kappa shape index (κ1) is 22.7. The lowest BCUT2D eigenvalue weighted by molar-refractivity contribution is -0.133. The number of nitrogens with zero attached hydrogens (tertiary/aromatic N) is 3. The lowest BCUT2D eigenvalue weighted by atomic mass is 9.86. The van der Waals surface area contributed by atoms with Crippen LogP contribution in [0.15, 0.2) is 16.3 Å². The number of amides is 2. The Balaban J connectivity index is 1.32. The van der Waals surface area contributed by atoms with E-state index < -0.39 is 10.0 Å². The Kier molecular flexibility index (Phi) is 7.33. The number of carbonyl (C=O) groups is 2. The predicted molar refractivity (Wildman–Crippen MR) is 121 cm³/mol. The quantitative estimate of drug-likeness (QED) is 0.644. The summed E-state index contributed by atoms with van der Waals surface area (Å²) in [6, 6.07) is 1.55. The molecule has 0 atom stereocenters. The molecule has 1 aromatic rings. The Morgan fingerprint density at radius 3 is 2.23 bits per heavy atom. The molecule has 2 aliphatic heterocycles. The highest BCUT2D eigenvalue weighted by molar-refractivity contribution is 7.89. The summed E-state index contributed by atoms with van der Waals surface area (Å²) in [7, 11) is -3.62. The Labute approximate surface area is 189 Å². The van der Waals surface area contributed by atoms with Crippen molar-refractivity contribution in [2.75, 3.05) is 39.3 Å². The van der Waals surface area contributed by atoms with Crippen LogP contribution < -0.4 is 0 Å². The zero-order chi connectivity index (χ0) is 21.8. The molecule has 0 unspecified atom stereocenters. The summed E-state index contributed by atoms with van der Waals surface area (Å²) in [5.74, 6) is 0.642. The molecule has 4 rings (SSSR count). The van der Waals surface area contributed by atoms with Crippen molar-refractivity contribution >= 4 is 33.2 Å². The van der Waals surface area contributed by atoms with E-state index >= 15 is 0 Å². The van der Waals surface area contributed by atoms with Gasteiger partial charge >= 0.3 is 0 Å². The van der Waals surface area contributed by atoms with Gasteiger partial charge in [0.25, 0.3) is 5.91 Å². The Hall–Kier alpha value is -1.45. The molecule has 0 N–H and O–H groups in total. The van der Waals surface area contributed by atoms with E-state index in [0.717, 1.165) is 19.3 Å². The normalized spacial score (nSPS) is 21.5. The maximum atomic E-state index is 13.1. The third-order valence-corrected chi connectivity index (χ3v) is 9.89. The van der Waals surface area contributed by atoms with Crippen molar-refractivity contribution in [3.05, 3.63) is 16.3 Å². The van der Waals surface area contributed by atoms with Crippen molar-refractivity contribution in [3.63, 3.8) is 0 Å². The molecule has 0 aromatic carbocycles. The second-order valence-corrected chi connectivity index (χ2v) is 11.8. The molecule has 7 nitrogen and oxygen atoms in total. The topological polar surface area (TPSA) is 78.0 Å². The predicted octanol–water partition coefficient (Wildman–Crippen LogP) is 3.18. The molecular weight excluding hydrogens is 434 g/mol. The molecule has 1 saturated carbocycles. The van der Waals surface area contributed by atoms with Crippen LogP contribution >= 0.6 is 11.3 Å². The molecule has 0 spiro atoms. The highest BCUT2D eigenvalue weighted by Gasteiger charge is 2.34. The van der Waals surface area contributed by atoms with Crippen molar-refractivity contribution in [2.45, 2.75) is 62.7 Å². The molecule has 3 aliphatic rings. The van der Waals surface area contributed by atoms with Crippen LogP contribution in [0.4, 0.5) is 0 Å². The molecule has 0 bridgehead atoms. The van der Waals surface area contributed by atoms with Gasteiger partial charge in [-0.05, 0) is 36.6 Å². The Morgan fingerprint density at radius 1 is 0.903 bits per heavy atom. The number of rotatable bonds is 6. The zero-order valence-corrected chi connectivity index (χ0v) is 19.8. The van der Waals surface area contributed by atoms with Gasteiger partial charge in [-0.25, -0.2) is 8.42 Å². The summed E-state index contributed by atoms with van der Waals surface area (Å²) in [6.45, 7) is 2.99. The van der Waals surface area contributed by atoms with Crippen LogP contribution in [0.5, 0.6) is 0 Å². The second kappa shape index (κ2) is 10.0. The van der Waals surface area contributed by atoms with Crippen LogP contribution in [0.2, 0.25) is 0 Å². The van der Waals surface area contributed by atoms with Crippen molar-refractivity contribution < 1.29 is 18.0 Å². The van der Waals surface area contributed by atoms with E-state index in [1.165, 1.54) is 47.7 Å². The molecule has 31 heavy (non-hydrogen) atoms. The Bertz CT molecular complexity index is 878. The smallest absolute Gasteiger partial charge is 0.265 e. The van der Waals surface area contributed by atoms with Crippen LogP contribution in [-0.2, 0) is 14.8 Å². The van der Waals surface area contributed by atoms with Crippen LogP contribution in [-0.4, -0.2) is 73.6 Å². The van der Waals surface area contributed by atoms with E-state index in [0.29, 0.717) is 56.5 Å². The van der Waals surface area contributed by atoms with Gasteiger partial charge < -0.3 is 9.80 Å². The van der Waals surface area contributed by atoms with Crippen molar-refractivity contribution in [2.24, 2.45) is 5.92 Å². The Morgan fingerprint density at radius 2 is 1.55 bits per heavy atom. The molecule has 9 heteroatoms. The van der Waals surface area contributed by atoms with E-state index in [1.807, 2.05) is 4.90 Å². The average Bonchev–Trinajstić information content (AvgIpc) is 3.51. The van der Waals surface area contributed by atoms with Crippen molar-refractivity contribution in [1.29, 1.82) is 0 Å². The highest BCUT2D eigenvalue weighted by atomic mass is 32.2. The number of piperazine rings is 1. The van der Waals surface area contributed by atoms with E-state index in [4.69, 9.17) is 0 Å². The van der Waals surface area contributed by atoms with Crippen molar-refractivity contribution in [3.8, 4) is 0 Å². The van der Waals surface area contributed by atoms with Crippen LogP contribution in [0.3, 0.4) is 0 Å². The average molecular weight is 468 g/mol. The minimum absolute atomic E-state index is 0.135. The van der Waals surface area contributed by atoms with Gasteiger partial charge in [0, 0.05) is 45.7 Å². The minimum Gasteiger partial charge on any atom is -0.339 e. The minimum atomic E-state index is -3.62. The van der Waals surface area contributed by atoms with Gasteiger partial charge in [0.05, 0.1) is 0 Å². The molecule has 3 heterocycles. The maximum absolute atomic E-state index is 13.1. The van der Waals surface area contributed by atoms with E-state index in [9.17, 15) is 18.0 Å². The van der Waals surface area contributed by atoms with Crippen LogP contribution in [0.25, 0.3) is 0 Å². The van der Waals surface area contributed by atoms with Crippen LogP contribution in [0, 0.1) is 5.92 Å². The molecule has 2 saturated heterocycles. The summed E-state index contributed by atoms with van der Waals surface area (Å²) in [5, 5.41) is 1.68. The third kappa shape index (κ3) is 5.14. The number of carbonyl (C=O) groups excluding carboxylic acids is 2. The summed E-state index contributed by atoms with van der Waals surface area (Å²) in [5.41, 5.74) is 0. The molecule has 172 valence electrons. The summed E-state index contributed by atoms with van der Waals surface area (Å²) >= 11 is 1.19. The number of sulfonamides is 1. The fraction of sp³-hybridized carbons (Fsp3) is 0.727. The van der Waals surface area contributed by atoms with Gasteiger partial charge in [0.1, 0.15) is 9.77 Å². The van der Waals surface area contributed by atoms with Gasteiger partial charge in [-0.1, -0.05) is 32.1 Å². The van der Waals surface area contributed by atoms with Gasteiger partial charge in [0.2, 0.25) is 15.9 Å². The lowest BCUT2D eigenvalue weighted by Crippen LogP contribution is -2.50. The third-order valence-electron chi connectivity index (χ3n) is 6.92. The second-order valence-electron chi connectivity index (χ2n) is 8.94. The molecule has 1 aromatic heterocycles. The fourth-order valence-electron chi connectivity index (χ4n) is 4.99. The monoisotopic (exact) mass is 467 g/mol.